The number of fused-ring (bicyclic) bond motifs is 1. The highest BCUT2D eigenvalue weighted by Gasteiger charge is 2.35. The van der Waals surface area contributed by atoms with Gasteiger partial charge >= 0.3 is 5.97 Å². The molecular formula is C38H32ClIN2O6S. The molecule has 11 heteroatoms. The number of hydrogen-bond donors (Lipinski definition) is 0. The van der Waals surface area contributed by atoms with Gasteiger partial charge in [0.2, 0.25) is 0 Å². The highest BCUT2D eigenvalue weighted by molar-refractivity contribution is 14.1. The van der Waals surface area contributed by atoms with Crippen LogP contribution < -0.4 is 29.1 Å². The van der Waals surface area contributed by atoms with Gasteiger partial charge in [0.1, 0.15) is 12.4 Å². The molecule has 1 aromatic heterocycles. The minimum atomic E-state index is -0.791. The molecule has 4 aromatic carbocycles. The second kappa shape index (κ2) is 15.4. The van der Waals surface area contributed by atoms with Gasteiger partial charge in [-0.1, -0.05) is 77.5 Å². The molecule has 8 nitrogen and oxygen atoms in total. The molecule has 0 bridgehead atoms. The van der Waals surface area contributed by atoms with Crippen LogP contribution in [0, 0.1) is 3.57 Å². The lowest BCUT2D eigenvalue weighted by Crippen LogP contribution is -2.40. The highest BCUT2D eigenvalue weighted by Crippen LogP contribution is 2.37. The molecule has 1 aliphatic rings. The van der Waals surface area contributed by atoms with Crippen LogP contribution in [0.25, 0.3) is 11.8 Å². The Balaban J connectivity index is 1.49. The summed E-state index contributed by atoms with van der Waals surface area (Å²) >= 11 is 9.61. The van der Waals surface area contributed by atoms with Crippen LogP contribution in [-0.4, -0.2) is 30.9 Å². The molecule has 0 radical (unpaired) electrons. The van der Waals surface area contributed by atoms with Crippen LogP contribution in [0.15, 0.2) is 106 Å². The molecular weight excluding hydrogens is 775 g/mol. The maximum absolute atomic E-state index is 14.3. The maximum atomic E-state index is 14.3. The first-order chi connectivity index (χ1) is 23.8. The van der Waals surface area contributed by atoms with Crippen LogP contribution in [0.1, 0.15) is 42.1 Å². The zero-order valence-electron chi connectivity index (χ0n) is 26.9. The van der Waals surface area contributed by atoms with Crippen molar-refractivity contribution in [1.82, 2.24) is 4.57 Å². The maximum Gasteiger partial charge on any atom is 0.338 e. The lowest BCUT2D eigenvalue weighted by atomic mass is 9.93. The Labute approximate surface area is 306 Å². The van der Waals surface area contributed by atoms with E-state index in [1.165, 1.54) is 11.3 Å². The van der Waals surface area contributed by atoms with E-state index in [1.54, 1.807) is 24.7 Å². The number of thiazole rings is 1. The van der Waals surface area contributed by atoms with E-state index < -0.39 is 12.0 Å². The van der Waals surface area contributed by atoms with Crippen molar-refractivity contribution in [2.24, 2.45) is 4.99 Å². The van der Waals surface area contributed by atoms with Gasteiger partial charge in [0.05, 0.1) is 45.7 Å². The first-order valence-electron chi connectivity index (χ1n) is 15.6. The smallest absolute Gasteiger partial charge is 0.338 e. The van der Waals surface area contributed by atoms with Crippen molar-refractivity contribution >= 4 is 63.3 Å². The average molecular weight is 807 g/mol. The van der Waals surface area contributed by atoms with Gasteiger partial charge in [-0.15, -0.1) is 0 Å². The number of rotatable bonds is 11. The molecule has 2 heterocycles. The van der Waals surface area contributed by atoms with Gasteiger partial charge < -0.3 is 18.9 Å². The van der Waals surface area contributed by atoms with Gasteiger partial charge in [0, 0.05) is 10.6 Å². The fourth-order valence-corrected chi connectivity index (χ4v) is 7.56. The summed E-state index contributed by atoms with van der Waals surface area (Å²) in [6.07, 6.45) is 1.81. The molecule has 0 saturated heterocycles. The van der Waals surface area contributed by atoms with E-state index in [0.29, 0.717) is 50.5 Å². The van der Waals surface area contributed by atoms with Gasteiger partial charge in [-0.05, 0) is 95.6 Å². The molecule has 0 spiro atoms. The van der Waals surface area contributed by atoms with Gasteiger partial charge in [0.25, 0.3) is 5.56 Å². The number of methoxy groups -OCH3 is 1. The fraction of sp³-hybridized carbons (Fsp3) is 0.184. The SMILES string of the molecule is CCOC(=O)C1=C(c2ccccc2)N=c2s/c(=C\c3cc(I)c(OCc4cccc(Cl)c4)c(OC)c3)c(=O)n2[C@H]1c1ccc(OCC)cc1. The minimum absolute atomic E-state index is 0.171. The second-order valence-electron chi connectivity index (χ2n) is 10.9. The van der Waals surface area contributed by atoms with Gasteiger partial charge in [-0.3, -0.25) is 9.36 Å². The predicted octanol–water partition coefficient (Wildman–Crippen LogP) is 7.18. The topological polar surface area (TPSA) is 88.4 Å². The third kappa shape index (κ3) is 7.46. The number of benzene rings is 4. The number of nitrogens with zero attached hydrogens (tertiary/aromatic N) is 2. The Hall–Kier alpha value is -4.39. The van der Waals surface area contributed by atoms with E-state index in [0.717, 1.165) is 25.8 Å². The van der Waals surface area contributed by atoms with Crippen molar-refractivity contribution < 1.29 is 23.7 Å². The quantitative estimate of drug-likeness (QED) is 0.104. The zero-order valence-corrected chi connectivity index (χ0v) is 30.7. The number of ether oxygens (including phenoxy) is 4. The highest BCUT2D eigenvalue weighted by atomic mass is 127. The third-order valence-corrected chi connectivity index (χ3v) is 9.72. The number of halogens is 2. The minimum Gasteiger partial charge on any atom is -0.494 e. The van der Waals surface area contributed by atoms with E-state index in [2.05, 4.69) is 22.6 Å². The molecule has 0 N–H and O–H groups in total. The fourth-order valence-electron chi connectivity index (χ4n) is 5.57. The predicted molar refractivity (Wildman–Crippen MR) is 200 cm³/mol. The molecule has 0 saturated carbocycles. The summed E-state index contributed by atoms with van der Waals surface area (Å²) in [6, 6.07) is 27.3. The Morgan fingerprint density at radius 3 is 2.45 bits per heavy atom. The summed E-state index contributed by atoms with van der Waals surface area (Å²) in [5.74, 6) is 1.26. The Morgan fingerprint density at radius 2 is 1.76 bits per heavy atom. The van der Waals surface area contributed by atoms with Gasteiger partial charge in [-0.2, -0.15) is 0 Å². The summed E-state index contributed by atoms with van der Waals surface area (Å²) in [5, 5.41) is 0.634. The summed E-state index contributed by atoms with van der Waals surface area (Å²) in [6.45, 7) is 4.66. The summed E-state index contributed by atoms with van der Waals surface area (Å²) in [5.41, 5.74) is 3.59. The second-order valence-corrected chi connectivity index (χ2v) is 13.5. The number of hydrogen-bond acceptors (Lipinski definition) is 8. The summed E-state index contributed by atoms with van der Waals surface area (Å²) in [4.78, 5) is 33.5. The monoisotopic (exact) mass is 806 g/mol. The average Bonchev–Trinajstić information content (AvgIpc) is 3.41. The Bertz CT molecular complexity index is 2210. The number of carbonyl (C=O) groups excluding carboxylic acids is 1. The summed E-state index contributed by atoms with van der Waals surface area (Å²) in [7, 11) is 1.58. The van der Waals surface area contributed by atoms with Crippen molar-refractivity contribution in [1.29, 1.82) is 0 Å². The van der Waals surface area contributed by atoms with Crippen LogP contribution in [0.5, 0.6) is 17.2 Å². The van der Waals surface area contributed by atoms with Gasteiger partial charge in [-0.25, -0.2) is 9.79 Å². The van der Waals surface area contributed by atoms with E-state index in [1.807, 2.05) is 97.9 Å². The van der Waals surface area contributed by atoms with E-state index in [9.17, 15) is 9.59 Å². The lowest BCUT2D eigenvalue weighted by molar-refractivity contribution is -0.138. The van der Waals surface area contributed by atoms with Gasteiger partial charge in [0.15, 0.2) is 16.3 Å². The van der Waals surface area contributed by atoms with Crippen molar-refractivity contribution in [2.45, 2.75) is 26.5 Å². The molecule has 49 heavy (non-hydrogen) atoms. The standard InChI is InChI=1S/C38H32ClIN2O6S/c1-4-46-28-16-14-26(15-17-28)34-32(37(44)47-5-2)33(25-11-7-6-8-12-25)41-38-42(34)36(43)31(49-38)21-24-19-29(40)35(30(20-24)45-3)48-22-23-10-9-13-27(39)18-23/h6-21,34H,4-5,22H2,1-3H3/b31-21-/t34-/m0/s1. The first kappa shape index (κ1) is 34.5. The summed E-state index contributed by atoms with van der Waals surface area (Å²) < 4.78 is 25.9. The van der Waals surface area contributed by atoms with E-state index in [-0.39, 0.29) is 17.7 Å². The van der Waals surface area contributed by atoms with E-state index in [4.69, 9.17) is 35.5 Å². The molecule has 5 aromatic rings. The molecule has 0 aliphatic carbocycles. The Kier molecular flexibility index (Phi) is 10.9. The molecule has 0 fully saturated rings. The van der Waals surface area contributed by atoms with Crippen LogP contribution in [0.3, 0.4) is 0 Å². The Morgan fingerprint density at radius 1 is 0.980 bits per heavy atom. The third-order valence-electron chi connectivity index (χ3n) is 7.70. The largest absolute Gasteiger partial charge is 0.494 e. The molecule has 6 rings (SSSR count). The number of aromatic nitrogens is 1. The molecule has 1 atom stereocenters. The van der Waals surface area contributed by atoms with Crippen LogP contribution in [0.4, 0.5) is 0 Å². The normalized spacial score (nSPS) is 14.2. The molecule has 250 valence electrons. The molecule has 1 aliphatic heterocycles. The zero-order chi connectivity index (χ0) is 34.5. The van der Waals surface area contributed by atoms with Crippen molar-refractivity contribution in [3.8, 4) is 17.2 Å². The van der Waals surface area contributed by atoms with E-state index >= 15 is 0 Å². The molecule has 0 amide bonds. The van der Waals surface area contributed by atoms with Crippen molar-refractivity contribution in [2.75, 3.05) is 20.3 Å². The van der Waals surface area contributed by atoms with Crippen LogP contribution >= 0.6 is 45.5 Å². The number of carbonyl (C=O) groups is 1. The van der Waals surface area contributed by atoms with Crippen LogP contribution in [0.2, 0.25) is 5.02 Å². The molecule has 0 unspecified atom stereocenters. The number of esters is 1. The first-order valence-corrected chi connectivity index (χ1v) is 17.8. The lowest BCUT2D eigenvalue weighted by Gasteiger charge is -2.26. The van der Waals surface area contributed by atoms with Crippen LogP contribution in [-0.2, 0) is 16.1 Å². The van der Waals surface area contributed by atoms with Crippen molar-refractivity contribution in [3.63, 3.8) is 0 Å². The van der Waals surface area contributed by atoms with Crippen molar-refractivity contribution in [3.05, 3.63) is 147 Å².